The van der Waals surface area contributed by atoms with Crippen LogP contribution in [0, 0.1) is 18.8 Å². The normalized spacial score (nSPS) is 17.7. The minimum Gasteiger partial charge on any atom is -0.371 e. The largest absolute Gasteiger partial charge is 0.371 e. The van der Waals surface area contributed by atoms with Gasteiger partial charge in [0.1, 0.15) is 17.2 Å². The van der Waals surface area contributed by atoms with Crippen molar-refractivity contribution in [1.82, 2.24) is 20.2 Å². The first-order valence-corrected chi connectivity index (χ1v) is 14.5. The first-order valence-electron chi connectivity index (χ1n) is 13.7. The number of carbonyl (C=O) groups is 1. The van der Waals surface area contributed by atoms with E-state index in [0.717, 1.165) is 73.3 Å². The number of carbonyl (C=O) groups excluding carboxylic acids is 1. The topological polar surface area (TPSA) is 108 Å². The highest BCUT2D eigenvalue weighted by Crippen LogP contribution is 2.48. The fourth-order valence-electron chi connectivity index (χ4n) is 4.86. The molecule has 3 fully saturated rings. The van der Waals surface area contributed by atoms with Gasteiger partial charge in [-0.15, -0.1) is 0 Å². The Morgan fingerprint density at radius 3 is 2.56 bits per heavy atom. The van der Waals surface area contributed by atoms with Crippen LogP contribution in [0.3, 0.4) is 0 Å². The molecule has 2 aromatic heterocycles. The predicted molar refractivity (Wildman–Crippen MR) is 160 cm³/mol. The molecule has 0 bridgehead atoms. The fraction of sp³-hybridized carbons (Fsp3) is 0.517. The first-order chi connectivity index (χ1) is 18.5. The molecule has 6 rings (SSSR count). The summed E-state index contributed by atoms with van der Waals surface area (Å²) < 4.78 is 6.44. The maximum absolute atomic E-state index is 12.1. The van der Waals surface area contributed by atoms with E-state index >= 15 is 0 Å². The van der Waals surface area contributed by atoms with Crippen LogP contribution < -0.4 is 15.5 Å². The smallest absolute Gasteiger partial charge is 0.227 e. The molecule has 3 heterocycles. The number of nitrogens with zero attached hydrogens (tertiary/aromatic N) is 4. The lowest BCUT2D eigenvalue weighted by Gasteiger charge is -2.51. The number of aromatic nitrogens is 4. The van der Waals surface area contributed by atoms with Crippen molar-refractivity contribution in [2.75, 3.05) is 35.2 Å². The molecule has 3 N–H and O–H groups in total. The maximum atomic E-state index is 12.1. The third-order valence-electron chi connectivity index (χ3n) is 7.38. The van der Waals surface area contributed by atoms with E-state index in [-0.39, 0.29) is 27.7 Å². The zero-order valence-electron chi connectivity index (χ0n) is 22.0. The van der Waals surface area contributed by atoms with Gasteiger partial charge in [0, 0.05) is 43.8 Å². The lowest BCUT2D eigenvalue weighted by Crippen LogP contribution is -2.65. The van der Waals surface area contributed by atoms with Gasteiger partial charge in [-0.2, -0.15) is 5.10 Å². The molecule has 0 unspecified atom stereocenters. The van der Waals surface area contributed by atoms with Crippen molar-refractivity contribution >= 4 is 40.8 Å². The van der Waals surface area contributed by atoms with E-state index < -0.39 is 0 Å². The highest BCUT2D eigenvalue weighted by Gasteiger charge is 2.54. The van der Waals surface area contributed by atoms with Gasteiger partial charge in [-0.1, -0.05) is 20.8 Å². The summed E-state index contributed by atoms with van der Waals surface area (Å²) in [6.07, 6.45) is 6.74. The van der Waals surface area contributed by atoms with Crippen molar-refractivity contribution in [3.8, 4) is 0 Å². The minimum atomic E-state index is -0.0406. The van der Waals surface area contributed by atoms with Gasteiger partial charge in [0.2, 0.25) is 5.91 Å². The molecule has 0 spiro atoms. The van der Waals surface area contributed by atoms with Crippen molar-refractivity contribution in [3.63, 3.8) is 0 Å². The number of nitrogens with one attached hydrogen (secondary N) is 3. The Morgan fingerprint density at radius 1 is 1.15 bits per heavy atom. The van der Waals surface area contributed by atoms with Gasteiger partial charge in [-0.25, -0.2) is 9.97 Å². The number of ether oxygens (including phenoxy) is 1. The second kappa shape index (κ2) is 11.6. The number of aryl methyl sites for hydroxylation is 1. The van der Waals surface area contributed by atoms with E-state index in [0.29, 0.717) is 16.9 Å². The molecular weight excluding hydrogens is 510 g/mol. The Kier molecular flexibility index (Phi) is 8.13. The number of aromatic amines is 1. The molecule has 3 aromatic rings. The number of H-pyrrole nitrogens is 1. The summed E-state index contributed by atoms with van der Waals surface area (Å²) in [5.41, 5.74) is 1.75. The third kappa shape index (κ3) is 6.55. The zero-order valence-corrected chi connectivity index (χ0v) is 22.8. The monoisotopic (exact) mass is 553 g/mol. The highest BCUT2D eigenvalue weighted by atomic mass is 32.2. The molecule has 39 heavy (non-hydrogen) atoms. The van der Waals surface area contributed by atoms with Crippen LogP contribution in [0.5, 0.6) is 0 Å². The summed E-state index contributed by atoms with van der Waals surface area (Å²) in [6.45, 7) is 6.72. The standard InChI is InChI=1S/C28H35N7O2S.CH4.2H2/c1-3-4-13-37-28(20-7-8-20)16-35(17-28)25-15-23(30-24-14-18(2)33-34-24)31-27(32-25)38-22-11-9-21(10-12-22)29-26(36)19-5-6-19;;;/h9-12,14-15,19-20H,3-8,13,16-17H2,1-2H3,(H,29,36)(H2,30,31,32,33,34);1H4;2*1H. The van der Waals surface area contributed by atoms with E-state index in [1.54, 1.807) is 0 Å². The molecule has 1 amide bonds. The van der Waals surface area contributed by atoms with Crippen LogP contribution in [-0.2, 0) is 9.53 Å². The average Bonchev–Trinajstić information content (AvgIpc) is 3.80. The van der Waals surface area contributed by atoms with Gasteiger partial charge in [-0.05, 0) is 81.0 Å². The minimum absolute atomic E-state index is 0. The summed E-state index contributed by atoms with van der Waals surface area (Å²) in [4.78, 5) is 25.1. The molecule has 2 aliphatic carbocycles. The second-order valence-electron chi connectivity index (χ2n) is 10.7. The molecule has 1 saturated heterocycles. The lowest BCUT2D eigenvalue weighted by atomic mass is 9.88. The van der Waals surface area contributed by atoms with E-state index in [9.17, 15) is 4.79 Å². The zero-order chi connectivity index (χ0) is 26.1. The number of anilines is 4. The Labute approximate surface area is 237 Å². The molecule has 0 atom stereocenters. The predicted octanol–water partition coefficient (Wildman–Crippen LogP) is 6.67. The van der Waals surface area contributed by atoms with Crippen LogP contribution in [0.15, 0.2) is 46.5 Å². The van der Waals surface area contributed by atoms with Gasteiger partial charge in [0.25, 0.3) is 0 Å². The van der Waals surface area contributed by atoms with Crippen molar-refractivity contribution in [1.29, 1.82) is 0 Å². The van der Waals surface area contributed by atoms with E-state index in [1.165, 1.54) is 24.6 Å². The molecule has 1 aromatic carbocycles. The molecule has 212 valence electrons. The second-order valence-corrected chi connectivity index (χ2v) is 11.8. The van der Waals surface area contributed by atoms with Gasteiger partial charge in [-0.3, -0.25) is 9.89 Å². The van der Waals surface area contributed by atoms with Crippen LogP contribution in [-0.4, -0.2) is 51.4 Å². The molecule has 0 radical (unpaired) electrons. The van der Waals surface area contributed by atoms with Crippen molar-refractivity contribution < 1.29 is 12.4 Å². The first kappa shape index (κ1) is 27.5. The number of benzene rings is 1. The van der Waals surface area contributed by atoms with Crippen LogP contribution in [0.1, 0.15) is 61.4 Å². The Morgan fingerprint density at radius 2 is 1.92 bits per heavy atom. The van der Waals surface area contributed by atoms with E-state index in [4.69, 9.17) is 14.7 Å². The van der Waals surface area contributed by atoms with Crippen LogP contribution in [0.4, 0.5) is 23.1 Å². The van der Waals surface area contributed by atoms with Crippen LogP contribution in [0.2, 0.25) is 0 Å². The Bertz CT molecular complexity index is 1290. The quantitative estimate of drug-likeness (QED) is 0.169. The molecular formula is C29H43N7O2S. The van der Waals surface area contributed by atoms with Crippen molar-refractivity contribution in [3.05, 3.63) is 42.1 Å². The van der Waals surface area contributed by atoms with Gasteiger partial charge < -0.3 is 20.3 Å². The van der Waals surface area contributed by atoms with Crippen molar-refractivity contribution in [2.45, 2.75) is 75.5 Å². The molecule has 9 nitrogen and oxygen atoms in total. The van der Waals surface area contributed by atoms with Crippen molar-refractivity contribution in [2.24, 2.45) is 11.8 Å². The third-order valence-corrected chi connectivity index (χ3v) is 8.26. The summed E-state index contributed by atoms with van der Waals surface area (Å²) in [6, 6.07) is 11.8. The molecule has 1 aliphatic heterocycles. The molecule has 3 aliphatic rings. The molecule has 2 saturated carbocycles. The highest BCUT2D eigenvalue weighted by molar-refractivity contribution is 7.99. The average molecular weight is 554 g/mol. The summed E-state index contributed by atoms with van der Waals surface area (Å²) in [5.74, 6) is 3.27. The molecule has 10 heteroatoms. The van der Waals surface area contributed by atoms with Gasteiger partial charge >= 0.3 is 0 Å². The van der Waals surface area contributed by atoms with E-state index in [2.05, 4.69) is 32.7 Å². The maximum Gasteiger partial charge on any atom is 0.227 e. The van der Waals surface area contributed by atoms with Crippen LogP contribution >= 0.6 is 11.8 Å². The fourth-order valence-corrected chi connectivity index (χ4v) is 5.62. The summed E-state index contributed by atoms with van der Waals surface area (Å²) in [7, 11) is 0. The van der Waals surface area contributed by atoms with Gasteiger partial charge in [0.15, 0.2) is 11.0 Å². The SMILES string of the molecule is C.CCCCOC1(C2CC2)CN(c2cc(Nc3cc(C)[nH]n3)nc(Sc3ccc(NC(=O)C4CC4)cc3)n2)C1.[HH].[HH]. The number of amides is 1. The summed E-state index contributed by atoms with van der Waals surface area (Å²) >= 11 is 1.50. The summed E-state index contributed by atoms with van der Waals surface area (Å²) in [5, 5.41) is 14.3. The van der Waals surface area contributed by atoms with Gasteiger partial charge in [0.05, 0.1) is 13.1 Å². The number of hydrogen-bond donors (Lipinski definition) is 3. The Hall–Kier alpha value is -3.11. The van der Waals surface area contributed by atoms with Crippen LogP contribution in [0.25, 0.3) is 0 Å². The Balaban J connectivity index is 0.00000154. The van der Waals surface area contributed by atoms with E-state index in [1.807, 2.05) is 43.3 Å². The lowest BCUT2D eigenvalue weighted by molar-refractivity contribution is -0.117. The number of hydrogen-bond acceptors (Lipinski definition) is 8. The number of unbranched alkanes of at least 4 members (excludes halogenated alkanes) is 1. The number of rotatable bonds is 12.